The molecule has 0 bridgehead atoms. The minimum absolute atomic E-state index is 0. The lowest BCUT2D eigenvalue weighted by molar-refractivity contribution is -0.0355. The number of para-hydroxylation sites is 1. The van der Waals surface area contributed by atoms with Gasteiger partial charge in [0.2, 0.25) is 0 Å². The molecule has 3 aliphatic heterocycles. The van der Waals surface area contributed by atoms with Crippen LogP contribution in [-0.4, -0.2) is 29.1 Å². The first kappa shape index (κ1) is 23.6. The fourth-order valence-corrected chi connectivity index (χ4v) is 6.98. The van der Waals surface area contributed by atoms with Gasteiger partial charge in [-0.3, -0.25) is 4.90 Å². The molecule has 172 valence electrons. The summed E-state index contributed by atoms with van der Waals surface area (Å²) in [5.74, 6) is 0. The van der Waals surface area contributed by atoms with E-state index in [0.29, 0.717) is 17.5 Å². The summed E-state index contributed by atoms with van der Waals surface area (Å²) in [7, 11) is 0. The minimum atomic E-state index is 0. The SMILES string of the molecule is CC[C@]12CCCN3CCc4c(n(c5ccccc45)C(CNCc4ccccc4)C1)[C@@H]32.Cl.Cl. The molecule has 3 aromatic rings. The van der Waals surface area contributed by atoms with Crippen molar-refractivity contribution >= 4 is 35.7 Å². The lowest BCUT2D eigenvalue weighted by atomic mass is 9.63. The molecule has 32 heavy (non-hydrogen) atoms. The van der Waals surface area contributed by atoms with Crippen molar-refractivity contribution in [1.29, 1.82) is 0 Å². The predicted molar refractivity (Wildman–Crippen MR) is 138 cm³/mol. The van der Waals surface area contributed by atoms with Gasteiger partial charge < -0.3 is 9.88 Å². The van der Waals surface area contributed by atoms with Gasteiger partial charge in [-0.05, 0) is 61.3 Å². The Labute approximate surface area is 204 Å². The van der Waals surface area contributed by atoms with Crippen molar-refractivity contribution in [2.24, 2.45) is 5.41 Å². The van der Waals surface area contributed by atoms with Crippen LogP contribution in [-0.2, 0) is 13.0 Å². The highest BCUT2D eigenvalue weighted by molar-refractivity contribution is 5.86. The Morgan fingerprint density at radius 2 is 1.78 bits per heavy atom. The van der Waals surface area contributed by atoms with Gasteiger partial charge in [0.25, 0.3) is 0 Å². The lowest BCUT2D eigenvalue weighted by Gasteiger charge is -2.57. The van der Waals surface area contributed by atoms with Crippen LogP contribution in [0.5, 0.6) is 0 Å². The van der Waals surface area contributed by atoms with Gasteiger partial charge in [0.1, 0.15) is 0 Å². The van der Waals surface area contributed by atoms with Crippen LogP contribution >= 0.6 is 24.8 Å². The first-order valence-electron chi connectivity index (χ1n) is 11.9. The highest BCUT2D eigenvalue weighted by Crippen LogP contribution is 2.59. The monoisotopic (exact) mass is 471 g/mol. The van der Waals surface area contributed by atoms with Crippen LogP contribution in [0.3, 0.4) is 0 Å². The molecule has 0 amide bonds. The second-order valence-electron chi connectivity index (χ2n) is 9.73. The maximum absolute atomic E-state index is 3.82. The van der Waals surface area contributed by atoms with Crippen molar-refractivity contribution < 1.29 is 0 Å². The molecule has 1 saturated heterocycles. The standard InChI is InChI=1S/C27H33N3.2ClH/c1-2-27-14-8-15-29-16-13-23-22-11-6-7-12-24(22)30(25(23)26(27)29)21(17-27)19-28-18-20-9-4-3-5-10-20;;/h3-7,9-12,21,26,28H,2,8,13-19H2,1H3;2*1H/t21?,26-,27+;;/m1../s1. The summed E-state index contributed by atoms with van der Waals surface area (Å²) >= 11 is 0. The Kier molecular flexibility index (Phi) is 6.93. The molecule has 0 saturated carbocycles. The second-order valence-corrected chi connectivity index (χ2v) is 9.73. The number of fused-ring (bicyclic) bond motifs is 3. The summed E-state index contributed by atoms with van der Waals surface area (Å²) in [6, 6.07) is 21.2. The van der Waals surface area contributed by atoms with Crippen LogP contribution in [0.2, 0.25) is 0 Å². The number of rotatable bonds is 5. The van der Waals surface area contributed by atoms with E-state index in [0.717, 1.165) is 13.1 Å². The van der Waals surface area contributed by atoms with E-state index in [9.17, 15) is 0 Å². The molecule has 1 aromatic heterocycles. The fourth-order valence-electron chi connectivity index (χ4n) is 6.98. The van der Waals surface area contributed by atoms with E-state index in [1.54, 1.807) is 11.3 Å². The largest absolute Gasteiger partial charge is 0.338 e. The molecule has 0 aliphatic carbocycles. The van der Waals surface area contributed by atoms with Crippen molar-refractivity contribution in [3.8, 4) is 0 Å². The summed E-state index contributed by atoms with van der Waals surface area (Å²) in [6.45, 7) is 6.97. The average Bonchev–Trinajstić information content (AvgIpc) is 3.14. The van der Waals surface area contributed by atoms with E-state index >= 15 is 0 Å². The van der Waals surface area contributed by atoms with Crippen LogP contribution < -0.4 is 5.32 Å². The number of hydrogen-bond donors (Lipinski definition) is 1. The van der Waals surface area contributed by atoms with Crippen LogP contribution in [0.4, 0.5) is 0 Å². The first-order chi connectivity index (χ1) is 14.8. The van der Waals surface area contributed by atoms with Gasteiger partial charge >= 0.3 is 0 Å². The third-order valence-electron chi connectivity index (χ3n) is 8.29. The predicted octanol–water partition coefficient (Wildman–Crippen LogP) is 6.31. The zero-order valence-corrected chi connectivity index (χ0v) is 20.6. The first-order valence-corrected chi connectivity index (χ1v) is 11.9. The Morgan fingerprint density at radius 1 is 1.00 bits per heavy atom. The van der Waals surface area contributed by atoms with Gasteiger partial charge in [0.15, 0.2) is 0 Å². The highest BCUT2D eigenvalue weighted by Gasteiger charge is 2.52. The van der Waals surface area contributed by atoms with Crippen molar-refractivity contribution in [2.75, 3.05) is 19.6 Å². The number of nitrogens with one attached hydrogen (secondary N) is 1. The lowest BCUT2D eigenvalue weighted by Crippen LogP contribution is -2.53. The number of nitrogens with zero attached hydrogens (tertiary/aromatic N) is 2. The molecule has 0 spiro atoms. The van der Waals surface area contributed by atoms with Crippen LogP contribution in [0.25, 0.3) is 10.9 Å². The van der Waals surface area contributed by atoms with Crippen LogP contribution in [0.1, 0.15) is 61.5 Å². The van der Waals surface area contributed by atoms with Crippen molar-refractivity contribution in [3.63, 3.8) is 0 Å². The molecular formula is C27H35Cl2N3. The maximum atomic E-state index is 3.82. The topological polar surface area (TPSA) is 20.2 Å². The normalized spacial score (nSPS) is 26.2. The Bertz CT molecular complexity index is 1060. The number of hydrogen-bond acceptors (Lipinski definition) is 2. The Balaban J connectivity index is 0.00000122. The van der Waals surface area contributed by atoms with E-state index in [-0.39, 0.29) is 24.8 Å². The van der Waals surface area contributed by atoms with E-state index in [1.807, 2.05) is 0 Å². The van der Waals surface area contributed by atoms with Crippen molar-refractivity contribution in [1.82, 2.24) is 14.8 Å². The average molecular weight is 473 g/mol. The summed E-state index contributed by atoms with van der Waals surface area (Å²) in [5, 5.41) is 5.33. The zero-order valence-electron chi connectivity index (χ0n) is 18.9. The van der Waals surface area contributed by atoms with Gasteiger partial charge in [-0.1, -0.05) is 55.5 Å². The van der Waals surface area contributed by atoms with Gasteiger partial charge in [0, 0.05) is 42.3 Å². The summed E-state index contributed by atoms with van der Waals surface area (Å²) in [4.78, 5) is 2.83. The van der Waals surface area contributed by atoms with E-state index in [2.05, 4.69) is 76.3 Å². The number of aromatic nitrogens is 1. The summed E-state index contributed by atoms with van der Waals surface area (Å²) in [6.07, 6.45) is 6.57. The van der Waals surface area contributed by atoms with Gasteiger partial charge in [-0.15, -0.1) is 24.8 Å². The molecule has 6 rings (SSSR count). The smallest absolute Gasteiger partial charge is 0.0561 e. The van der Waals surface area contributed by atoms with Gasteiger partial charge in [0.05, 0.1) is 6.04 Å². The number of halogens is 2. The molecular weight excluding hydrogens is 437 g/mol. The quantitative estimate of drug-likeness (QED) is 0.470. The highest BCUT2D eigenvalue weighted by atomic mass is 35.5. The molecule has 0 radical (unpaired) electrons. The Hall–Kier alpha value is -1.52. The van der Waals surface area contributed by atoms with Crippen molar-refractivity contribution in [2.45, 2.75) is 57.7 Å². The summed E-state index contributed by atoms with van der Waals surface area (Å²) < 4.78 is 2.76. The summed E-state index contributed by atoms with van der Waals surface area (Å²) in [5.41, 5.74) is 6.60. The van der Waals surface area contributed by atoms with Gasteiger partial charge in [-0.25, -0.2) is 0 Å². The molecule has 1 unspecified atom stereocenters. The zero-order chi connectivity index (χ0) is 20.1. The van der Waals surface area contributed by atoms with Crippen LogP contribution in [0, 0.1) is 5.41 Å². The molecule has 3 aliphatic rings. The number of benzene rings is 2. The molecule has 4 heterocycles. The number of piperidine rings is 1. The van der Waals surface area contributed by atoms with Crippen molar-refractivity contribution in [3.05, 3.63) is 71.4 Å². The van der Waals surface area contributed by atoms with E-state index in [4.69, 9.17) is 0 Å². The maximum Gasteiger partial charge on any atom is 0.0561 e. The second kappa shape index (κ2) is 9.38. The molecule has 1 fully saturated rings. The molecule has 2 aromatic carbocycles. The fraction of sp³-hybridized carbons (Fsp3) is 0.481. The third kappa shape index (κ3) is 3.58. The van der Waals surface area contributed by atoms with E-state index in [1.165, 1.54) is 61.7 Å². The third-order valence-corrected chi connectivity index (χ3v) is 8.29. The molecule has 3 nitrogen and oxygen atoms in total. The Morgan fingerprint density at radius 3 is 2.59 bits per heavy atom. The minimum Gasteiger partial charge on any atom is -0.338 e. The van der Waals surface area contributed by atoms with E-state index < -0.39 is 0 Å². The van der Waals surface area contributed by atoms with Crippen LogP contribution in [0.15, 0.2) is 54.6 Å². The molecule has 3 atom stereocenters. The van der Waals surface area contributed by atoms with Gasteiger partial charge in [-0.2, -0.15) is 0 Å². The molecule has 5 heteroatoms. The molecule has 1 N–H and O–H groups in total.